The third kappa shape index (κ3) is 4.31. The van der Waals surface area contributed by atoms with Crippen LogP contribution in [0, 0.1) is 0 Å². The van der Waals surface area contributed by atoms with Crippen molar-refractivity contribution in [2.75, 3.05) is 0 Å². The van der Waals surface area contributed by atoms with Crippen LogP contribution in [0.1, 0.15) is 26.3 Å². The van der Waals surface area contributed by atoms with Crippen LogP contribution in [-0.2, 0) is 32.1 Å². The molecule has 0 aliphatic rings. The van der Waals surface area contributed by atoms with Crippen molar-refractivity contribution in [1.82, 2.24) is 3.97 Å². The van der Waals surface area contributed by atoms with Gasteiger partial charge in [0.1, 0.15) is 5.03 Å². The molecule has 3 aromatic rings. The van der Waals surface area contributed by atoms with Crippen LogP contribution in [0.25, 0.3) is 10.9 Å². The van der Waals surface area contributed by atoms with Crippen LogP contribution in [0.3, 0.4) is 0 Å². The van der Waals surface area contributed by atoms with Crippen molar-refractivity contribution < 1.29 is 21.6 Å². The molecule has 9 heteroatoms. The van der Waals surface area contributed by atoms with Crippen molar-refractivity contribution in [2.45, 2.75) is 55.4 Å². The molecule has 3 rings (SSSR count). The van der Waals surface area contributed by atoms with Gasteiger partial charge in [-0.15, -0.1) is 0 Å². The van der Waals surface area contributed by atoms with Gasteiger partial charge in [-0.3, -0.25) is 0 Å². The predicted molar refractivity (Wildman–Crippen MR) is 122 cm³/mol. The minimum absolute atomic E-state index is 0.0505. The molecule has 1 unspecified atom stereocenters. The lowest BCUT2D eigenvalue weighted by Crippen LogP contribution is -2.40. The predicted octanol–water partition coefficient (Wildman–Crippen LogP) is 4.98. The van der Waals surface area contributed by atoms with Gasteiger partial charge in [-0.25, -0.2) is 16.6 Å². The normalized spacial score (nSPS) is 14.2. The number of hydrogen-bond donors (Lipinski definition) is 1. The van der Waals surface area contributed by atoms with Crippen molar-refractivity contribution >= 4 is 40.3 Å². The Hall–Kier alpha value is -1.78. The molecule has 0 radical (unpaired) electrons. The molecule has 0 spiro atoms. The van der Waals surface area contributed by atoms with Crippen LogP contribution < -0.4 is 0 Å². The highest BCUT2D eigenvalue weighted by atomic mass is 32.2. The Morgan fingerprint density at radius 3 is 2.27 bits per heavy atom. The van der Waals surface area contributed by atoms with Gasteiger partial charge in [0, 0.05) is 5.39 Å². The molecule has 0 aliphatic heterocycles. The molecule has 6 nitrogen and oxygen atoms in total. The molecule has 0 fully saturated rings. The van der Waals surface area contributed by atoms with Gasteiger partial charge >= 0.3 is 0 Å². The van der Waals surface area contributed by atoms with Crippen LogP contribution in [0.15, 0.2) is 64.5 Å². The lowest BCUT2D eigenvalue weighted by molar-refractivity contribution is 0.276. The van der Waals surface area contributed by atoms with Gasteiger partial charge in [0.05, 0.1) is 17.0 Å². The summed E-state index contributed by atoms with van der Waals surface area (Å²) in [5.74, 6) is 0. The van der Waals surface area contributed by atoms with Gasteiger partial charge in [-0.1, -0.05) is 51.1 Å². The Morgan fingerprint density at radius 1 is 1.07 bits per heavy atom. The topological polar surface area (TPSA) is 85.6 Å². The first-order valence-corrected chi connectivity index (χ1v) is 15.0. The highest BCUT2D eigenvalue weighted by Crippen LogP contribution is 2.37. The van der Waals surface area contributed by atoms with E-state index in [1.54, 1.807) is 30.3 Å². The summed E-state index contributed by atoms with van der Waals surface area (Å²) in [5, 5.41) is 0.439. The largest absolute Gasteiger partial charge is 0.413 e. The van der Waals surface area contributed by atoms with E-state index in [2.05, 4.69) is 33.9 Å². The number of hydrogen-bond acceptors (Lipinski definition) is 4. The van der Waals surface area contributed by atoms with Gasteiger partial charge in [-0.05, 0) is 48.0 Å². The summed E-state index contributed by atoms with van der Waals surface area (Å²) >= 11 is -2.47. The van der Waals surface area contributed by atoms with Crippen molar-refractivity contribution in [3.05, 3.63) is 60.2 Å². The molecule has 30 heavy (non-hydrogen) atoms. The molecular weight excluding hydrogens is 438 g/mol. The first-order chi connectivity index (χ1) is 13.8. The lowest BCUT2D eigenvalue weighted by Gasteiger charge is -2.36. The van der Waals surface area contributed by atoms with E-state index in [-0.39, 0.29) is 15.0 Å². The second-order valence-corrected chi connectivity index (χ2v) is 16.3. The molecule has 0 amide bonds. The Morgan fingerprint density at radius 2 is 1.70 bits per heavy atom. The number of benzene rings is 2. The Balaban J connectivity index is 2.12. The molecule has 0 aliphatic carbocycles. The average molecular weight is 466 g/mol. The van der Waals surface area contributed by atoms with Crippen LogP contribution >= 0.6 is 0 Å². The highest BCUT2D eigenvalue weighted by Gasteiger charge is 2.37. The van der Waals surface area contributed by atoms with Crippen molar-refractivity contribution in [2.24, 2.45) is 0 Å². The average Bonchev–Trinajstić information content (AvgIpc) is 3.06. The van der Waals surface area contributed by atoms with Gasteiger partial charge < -0.3 is 8.98 Å². The van der Waals surface area contributed by atoms with E-state index >= 15 is 0 Å². The zero-order chi connectivity index (χ0) is 22.3. The smallest absolute Gasteiger partial charge is 0.269 e. The van der Waals surface area contributed by atoms with E-state index in [0.29, 0.717) is 17.5 Å². The molecule has 162 valence electrons. The first-order valence-electron chi connectivity index (χ1n) is 9.54. The molecular formula is C21H27NO5S2Si. The van der Waals surface area contributed by atoms with E-state index in [9.17, 15) is 17.2 Å². The van der Waals surface area contributed by atoms with Crippen LogP contribution in [0.2, 0.25) is 18.1 Å². The fourth-order valence-electron chi connectivity index (χ4n) is 2.83. The second kappa shape index (κ2) is 8.05. The van der Waals surface area contributed by atoms with Crippen molar-refractivity contribution in [3.63, 3.8) is 0 Å². The summed E-state index contributed by atoms with van der Waals surface area (Å²) in [6.07, 6.45) is 0. The van der Waals surface area contributed by atoms with E-state index in [0.717, 1.165) is 9.54 Å². The summed E-state index contributed by atoms with van der Waals surface area (Å²) in [6.45, 7) is 11.1. The van der Waals surface area contributed by atoms with E-state index in [4.69, 9.17) is 4.43 Å². The minimum atomic E-state index is -4.05. The molecule has 0 saturated heterocycles. The number of rotatable bonds is 6. The zero-order valence-corrected chi connectivity index (χ0v) is 20.4. The molecule has 2 aromatic carbocycles. The quantitative estimate of drug-likeness (QED) is 0.410. The van der Waals surface area contributed by atoms with E-state index in [1.807, 2.05) is 6.07 Å². The van der Waals surface area contributed by atoms with E-state index in [1.165, 1.54) is 18.2 Å². The zero-order valence-electron chi connectivity index (χ0n) is 17.7. The number of nitrogens with zero attached hydrogens (tertiary/aromatic N) is 1. The standard InChI is InChI=1S/C21H27NO5S2Si/c1-21(2,3)30(4,5)27-15-16-11-12-17-14-20(28(23)24)22(19(17)13-16)29(25,26)18-9-7-6-8-10-18/h6-14H,15H2,1-5H3,(H,23,24). The maximum Gasteiger partial charge on any atom is 0.269 e. The Labute approximate surface area is 181 Å². The third-order valence-corrected chi connectivity index (χ3v) is 12.7. The van der Waals surface area contributed by atoms with Crippen LogP contribution in [0.4, 0.5) is 0 Å². The van der Waals surface area contributed by atoms with Gasteiger partial charge in [0.25, 0.3) is 10.0 Å². The van der Waals surface area contributed by atoms with Gasteiger partial charge in [-0.2, -0.15) is 0 Å². The summed E-state index contributed by atoms with van der Waals surface area (Å²) in [6, 6.07) is 14.7. The molecule has 0 bridgehead atoms. The fourth-order valence-corrected chi connectivity index (χ4v) is 6.17. The first kappa shape index (κ1) is 22.9. The molecule has 1 N–H and O–H groups in total. The SMILES string of the molecule is CC(C)(C)[Si](C)(C)OCc1ccc2cc(S(=O)O)n(S(=O)(=O)c3ccccc3)c2c1. The monoisotopic (exact) mass is 465 g/mol. The lowest BCUT2D eigenvalue weighted by atomic mass is 10.2. The van der Waals surface area contributed by atoms with Crippen molar-refractivity contribution in [1.29, 1.82) is 0 Å². The maximum atomic E-state index is 13.3. The fraction of sp³-hybridized carbons (Fsp3) is 0.333. The van der Waals surface area contributed by atoms with Gasteiger partial charge in [0.15, 0.2) is 8.32 Å². The number of aromatic nitrogens is 1. The molecule has 1 aromatic heterocycles. The third-order valence-electron chi connectivity index (χ3n) is 5.66. The molecule has 0 saturated carbocycles. The second-order valence-electron chi connectivity index (χ2n) is 8.76. The Bertz CT molecular complexity index is 1200. The van der Waals surface area contributed by atoms with Crippen LogP contribution in [-0.4, -0.2) is 29.5 Å². The van der Waals surface area contributed by atoms with Crippen molar-refractivity contribution in [3.8, 4) is 0 Å². The minimum Gasteiger partial charge on any atom is -0.413 e. The summed E-state index contributed by atoms with van der Waals surface area (Å²) in [7, 11) is -6.03. The maximum absolute atomic E-state index is 13.3. The Kier molecular flexibility index (Phi) is 6.14. The van der Waals surface area contributed by atoms with Gasteiger partial charge in [0.2, 0.25) is 11.1 Å². The highest BCUT2D eigenvalue weighted by molar-refractivity contribution is 7.90. The molecule has 1 heterocycles. The summed E-state index contributed by atoms with van der Waals surface area (Å²) in [4.78, 5) is 0.0529. The van der Waals surface area contributed by atoms with E-state index < -0.39 is 29.4 Å². The summed E-state index contributed by atoms with van der Waals surface area (Å²) < 4.78 is 55.5. The molecule has 1 atom stereocenters. The number of fused-ring (bicyclic) bond motifs is 1. The van der Waals surface area contributed by atoms with Crippen LogP contribution in [0.5, 0.6) is 0 Å². The summed E-state index contributed by atoms with van der Waals surface area (Å²) in [5.41, 5.74) is 1.16.